The zero-order valence-corrected chi connectivity index (χ0v) is 9.62. The Hall–Kier alpha value is -2.17. The monoisotopic (exact) mass is 233 g/mol. The SMILES string of the molecule is CC(=O)CCC(=O)Nc1ccc(C(=N)N)cc1. The molecule has 5 nitrogen and oxygen atoms in total. The lowest BCUT2D eigenvalue weighted by atomic mass is 10.2. The van der Waals surface area contributed by atoms with Crippen molar-refractivity contribution in [3.63, 3.8) is 0 Å². The van der Waals surface area contributed by atoms with E-state index in [1.165, 1.54) is 6.92 Å². The van der Waals surface area contributed by atoms with Gasteiger partial charge in [-0.25, -0.2) is 0 Å². The van der Waals surface area contributed by atoms with E-state index in [4.69, 9.17) is 11.1 Å². The van der Waals surface area contributed by atoms with E-state index in [9.17, 15) is 9.59 Å². The summed E-state index contributed by atoms with van der Waals surface area (Å²) in [5.41, 5.74) is 6.54. The summed E-state index contributed by atoms with van der Waals surface area (Å²) >= 11 is 0. The number of Topliss-reactive ketones (excluding diaryl/α,β-unsaturated/α-hetero) is 1. The van der Waals surface area contributed by atoms with Gasteiger partial charge in [-0.3, -0.25) is 10.2 Å². The van der Waals surface area contributed by atoms with Crippen molar-refractivity contribution in [2.75, 3.05) is 5.32 Å². The number of hydrogen-bond donors (Lipinski definition) is 3. The average molecular weight is 233 g/mol. The van der Waals surface area contributed by atoms with Crippen molar-refractivity contribution in [2.45, 2.75) is 19.8 Å². The molecule has 0 aliphatic carbocycles. The first-order valence-corrected chi connectivity index (χ1v) is 5.23. The number of benzene rings is 1. The fourth-order valence-electron chi connectivity index (χ4n) is 1.25. The van der Waals surface area contributed by atoms with E-state index in [2.05, 4.69) is 5.32 Å². The predicted molar refractivity (Wildman–Crippen MR) is 66.0 cm³/mol. The molecule has 1 aromatic rings. The van der Waals surface area contributed by atoms with E-state index in [1.54, 1.807) is 24.3 Å². The van der Waals surface area contributed by atoms with Crippen LogP contribution in [0.4, 0.5) is 5.69 Å². The van der Waals surface area contributed by atoms with Crippen LogP contribution in [0, 0.1) is 5.41 Å². The molecule has 0 aliphatic rings. The highest BCUT2D eigenvalue weighted by atomic mass is 16.2. The van der Waals surface area contributed by atoms with Crippen LogP contribution in [0.5, 0.6) is 0 Å². The highest BCUT2D eigenvalue weighted by molar-refractivity contribution is 5.96. The lowest BCUT2D eigenvalue weighted by molar-refractivity contribution is -0.121. The van der Waals surface area contributed by atoms with E-state index < -0.39 is 0 Å². The number of nitrogens with one attached hydrogen (secondary N) is 2. The van der Waals surface area contributed by atoms with Crippen LogP contribution < -0.4 is 11.1 Å². The number of ketones is 1. The summed E-state index contributed by atoms with van der Waals surface area (Å²) < 4.78 is 0. The Morgan fingerprint density at radius 3 is 2.29 bits per heavy atom. The largest absolute Gasteiger partial charge is 0.384 e. The highest BCUT2D eigenvalue weighted by Gasteiger charge is 2.04. The van der Waals surface area contributed by atoms with Crippen LogP contribution in [-0.2, 0) is 9.59 Å². The van der Waals surface area contributed by atoms with Crippen molar-refractivity contribution in [1.82, 2.24) is 0 Å². The molecule has 0 radical (unpaired) electrons. The highest BCUT2D eigenvalue weighted by Crippen LogP contribution is 2.09. The molecule has 1 aromatic carbocycles. The van der Waals surface area contributed by atoms with Crippen LogP contribution in [0.1, 0.15) is 25.3 Å². The van der Waals surface area contributed by atoms with E-state index >= 15 is 0 Å². The van der Waals surface area contributed by atoms with Crippen LogP contribution in [0.2, 0.25) is 0 Å². The minimum Gasteiger partial charge on any atom is -0.384 e. The number of amides is 1. The minimum atomic E-state index is -0.198. The lowest BCUT2D eigenvalue weighted by Gasteiger charge is -2.05. The Balaban J connectivity index is 2.54. The predicted octanol–water partition coefficient (Wildman–Crippen LogP) is 1.28. The second kappa shape index (κ2) is 5.79. The fraction of sp³-hybridized carbons (Fsp3) is 0.250. The number of amidine groups is 1. The molecule has 0 aromatic heterocycles. The standard InChI is InChI=1S/C12H15N3O2/c1-8(16)2-7-11(17)15-10-5-3-9(4-6-10)12(13)14/h3-6H,2,7H2,1H3,(H3,13,14)(H,15,17). The Morgan fingerprint density at radius 2 is 1.82 bits per heavy atom. The molecule has 0 saturated carbocycles. The smallest absolute Gasteiger partial charge is 0.224 e. The van der Waals surface area contributed by atoms with Gasteiger partial charge in [-0.1, -0.05) is 0 Å². The molecule has 5 heteroatoms. The molecule has 0 unspecified atom stereocenters. The van der Waals surface area contributed by atoms with Gasteiger partial charge in [-0.05, 0) is 31.2 Å². The Bertz CT molecular complexity index is 438. The first kappa shape index (κ1) is 12.9. The Morgan fingerprint density at radius 1 is 1.24 bits per heavy atom. The summed E-state index contributed by atoms with van der Waals surface area (Å²) in [7, 11) is 0. The van der Waals surface area contributed by atoms with Gasteiger partial charge in [0.1, 0.15) is 11.6 Å². The molecule has 0 heterocycles. The average Bonchev–Trinajstić information content (AvgIpc) is 2.27. The Kier molecular flexibility index (Phi) is 4.39. The molecule has 0 aliphatic heterocycles. The molecule has 0 saturated heterocycles. The van der Waals surface area contributed by atoms with Gasteiger partial charge >= 0.3 is 0 Å². The van der Waals surface area contributed by atoms with Gasteiger partial charge in [-0.2, -0.15) is 0 Å². The summed E-state index contributed by atoms with van der Waals surface area (Å²) in [5.74, 6) is -0.220. The summed E-state index contributed by atoms with van der Waals surface area (Å²) in [6.07, 6.45) is 0.432. The molecule has 90 valence electrons. The number of rotatable bonds is 5. The number of nitrogen functional groups attached to an aromatic ring is 1. The second-order valence-electron chi connectivity index (χ2n) is 3.74. The van der Waals surface area contributed by atoms with E-state index in [0.29, 0.717) is 11.3 Å². The van der Waals surface area contributed by atoms with Gasteiger partial charge in [0.15, 0.2) is 0 Å². The molecular formula is C12H15N3O2. The molecule has 0 fully saturated rings. The topological polar surface area (TPSA) is 96.0 Å². The van der Waals surface area contributed by atoms with Crippen molar-refractivity contribution in [3.05, 3.63) is 29.8 Å². The van der Waals surface area contributed by atoms with Crippen LogP contribution in [0.3, 0.4) is 0 Å². The van der Waals surface area contributed by atoms with Crippen molar-refractivity contribution >= 4 is 23.2 Å². The zero-order valence-electron chi connectivity index (χ0n) is 9.62. The number of carbonyl (C=O) groups excluding carboxylic acids is 2. The zero-order chi connectivity index (χ0) is 12.8. The third-order valence-corrected chi connectivity index (χ3v) is 2.18. The molecule has 4 N–H and O–H groups in total. The summed E-state index contributed by atoms with van der Waals surface area (Å²) in [6.45, 7) is 1.45. The number of carbonyl (C=O) groups is 2. The molecule has 0 bridgehead atoms. The molecule has 1 rings (SSSR count). The summed E-state index contributed by atoms with van der Waals surface area (Å²) in [5, 5.41) is 9.87. The molecular weight excluding hydrogens is 218 g/mol. The quantitative estimate of drug-likeness (QED) is 0.528. The number of hydrogen-bond acceptors (Lipinski definition) is 3. The first-order valence-electron chi connectivity index (χ1n) is 5.23. The molecule has 1 amide bonds. The van der Waals surface area contributed by atoms with Crippen LogP contribution >= 0.6 is 0 Å². The van der Waals surface area contributed by atoms with Crippen LogP contribution in [-0.4, -0.2) is 17.5 Å². The summed E-state index contributed by atoms with van der Waals surface area (Å²) in [6, 6.07) is 6.65. The number of anilines is 1. The van der Waals surface area contributed by atoms with Gasteiger partial charge in [0.25, 0.3) is 0 Å². The third-order valence-electron chi connectivity index (χ3n) is 2.18. The van der Waals surface area contributed by atoms with Gasteiger partial charge in [-0.15, -0.1) is 0 Å². The molecule has 0 atom stereocenters. The van der Waals surface area contributed by atoms with Crippen molar-refractivity contribution in [3.8, 4) is 0 Å². The van der Waals surface area contributed by atoms with E-state index in [1.807, 2.05) is 0 Å². The van der Waals surface area contributed by atoms with Gasteiger partial charge in [0.2, 0.25) is 5.91 Å². The van der Waals surface area contributed by atoms with Crippen molar-refractivity contribution in [2.24, 2.45) is 5.73 Å². The molecule has 17 heavy (non-hydrogen) atoms. The van der Waals surface area contributed by atoms with Gasteiger partial charge in [0, 0.05) is 24.1 Å². The first-order chi connectivity index (χ1) is 7.99. The maximum Gasteiger partial charge on any atom is 0.224 e. The normalized spacial score (nSPS) is 9.71. The van der Waals surface area contributed by atoms with Gasteiger partial charge in [0.05, 0.1) is 0 Å². The summed E-state index contributed by atoms with van der Waals surface area (Å²) in [4.78, 5) is 22.1. The van der Waals surface area contributed by atoms with Crippen molar-refractivity contribution in [1.29, 1.82) is 5.41 Å². The van der Waals surface area contributed by atoms with Crippen LogP contribution in [0.25, 0.3) is 0 Å². The maximum absolute atomic E-state index is 11.4. The fourth-order valence-corrected chi connectivity index (χ4v) is 1.25. The number of nitrogens with two attached hydrogens (primary N) is 1. The Labute approximate surface area is 99.5 Å². The van der Waals surface area contributed by atoms with E-state index in [-0.39, 0.29) is 30.4 Å². The van der Waals surface area contributed by atoms with Crippen molar-refractivity contribution < 1.29 is 9.59 Å². The van der Waals surface area contributed by atoms with Crippen LogP contribution in [0.15, 0.2) is 24.3 Å². The lowest BCUT2D eigenvalue weighted by Crippen LogP contribution is -2.13. The van der Waals surface area contributed by atoms with E-state index in [0.717, 1.165) is 0 Å². The second-order valence-corrected chi connectivity index (χ2v) is 3.74. The maximum atomic E-state index is 11.4. The molecule has 0 spiro atoms. The third kappa shape index (κ3) is 4.46. The van der Waals surface area contributed by atoms with Gasteiger partial charge < -0.3 is 15.8 Å². The minimum absolute atomic E-state index is 0.00734.